The average molecular weight is 322 g/mol. The van der Waals surface area contributed by atoms with Gasteiger partial charge in [-0.05, 0) is 19.1 Å². The second-order valence-electron chi connectivity index (χ2n) is 4.32. The predicted octanol–water partition coefficient (Wildman–Crippen LogP) is 2.67. The zero-order valence-electron chi connectivity index (χ0n) is 11.5. The third kappa shape index (κ3) is 4.13. The molecule has 9 heteroatoms. The molecule has 114 valence electrons. The van der Waals surface area contributed by atoms with Gasteiger partial charge in [0.15, 0.2) is 0 Å². The van der Waals surface area contributed by atoms with E-state index in [9.17, 15) is 14.9 Å². The molecule has 22 heavy (non-hydrogen) atoms. The Morgan fingerprint density at radius 1 is 1.41 bits per heavy atom. The number of nitrogens with zero attached hydrogens (tertiary/aromatic N) is 3. The van der Waals surface area contributed by atoms with Gasteiger partial charge in [-0.15, -0.1) is 0 Å². The summed E-state index contributed by atoms with van der Waals surface area (Å²) in [5.74, 6) is 0.599. The highest BCUT2D eigenvalue weighted by atomic mass is 35.5. The Hall–Kier alpha value is -2.74. The molecule has 1 aromatic heterocycles. The van der Waals surface area contributed by atoms with Crippen molar-refractivity contribution >= 4 is 29.0 Å². The van der Waals surface area contributed by atoms with Crippen LogP contribution in [0.25, 0.3) is 0 Å². The standard InChI is InChI=1S/C13H12ClN5O3/c1-8-15-5-4-9(17-8)7-16-13(20)18-12-6-10(19(21)22)2-3-11(12)14/h2-6H,7H2,1H3,(H2,16,18,20). The smallest absolute Gasteiger partial charge is 0.319 e. The van der Waals surface area contributed by atoms with Gasteiger partial charge in [0.25, 0.3) is 5.69 Å². The molecule has 0 unspecified atom stereocenters. The zero-order chi connectivity index (χ0) is 16.1. The van der Waals surface area contributed by atoms with E-state index in [1.807, 2.05) is 0 Å². The highest BCUT2D eigenvalue weighted by Crippen LogP contribution is 2.26. The van der Waals surface area contributed by atoms with Crippen LogP contribution in [0.1, 0.15) is 11.5 Å². The minimum absolute atomic E-state index is 0.159. The second kappa shape index (κ2) is 6.81. The summed E-state index contributed by atoms with van der Waals surface area (Å²) in [6.45, 7) is 1.94. The van der Waals surface area contributed by atoms with Crippen molar-refractivity contribution in [2.75, 3.05) is 5.32 Å². The number of carbonyl (C=O) groups is 1. The summed E-state index contributed by atoms with van der Waals surface area (Å²) in [4.78, 5) is 30.0. The largest absolute Gasteiger partial charge is 0.332 e. The number of aromatic nitrogens is 2. The number of anilines is 1. The van der Waals surface area contributed by atoms with Crippen molar-refractivity contribution in [1.29, 1.82) is 0 Å². The molecule has 0 radical (unpaired) electrons. The number of hydrogen-bond acceptors (Lipinski definition) is 5. The van der Waals surface area contributed by atoms with Crippen molar-refractivity contribution in [2.24, 2.45) is 0 Å². The Morgan fingerprint density at radius 3 is 2.86 bits per heavy atom. The van der Waals surface area contributed by atoms with E-state index < -0.39 is 11.0 Å². The second-order valence-corrected chi connectivity index (χ2v) is 4.73. The van der Waals surface area contributed by atoms with Crippen molar-refractivity contribution in [2.45, 2.75) is 13.5 Å². The third-order valence-electron chi connectivity index (χ3n) is 2.67. The van der Waals surface area contributed by atoms with E-state index in [0.717, 1.165) is 0 Å². The number of hydrogen-bond donors (Lipinski definition) is 2. The van der Waals surface area contributed by atoms with Gasteiger partial charge in [-0.25, -0.2) is 14.8 Å². The van der Waals surface area contributed by atoms with Crippen LogP contribution in [0.2, 0.25) is 5.02 Å². The number of nitro benzene ring substituents is 1. The van der Waals surface area contributed by atoms with Gasteiger partial charge in [-0.2, -0.15) is 0 Å². The molecule has 0 saturated carbocycles. The van der Waals surface area contributed by atoms with Crippen LogP contribution in [0.4, 0.5) is 16.2 Å². The summed E-state index contributed by atoms with van der Waals surface area (Å²) in [6.07, 6.45) is 1.59. The first kappa shape index (κ1) is 15.6. The van der Waals surface area contributed by atoms with Crippen LogP contribution in [0, 0.1) is 17.0 Å². The van der Waals surface area contributed by atoms with Gasteiger partial charge in [0.05, 0.1) is 27.9 Å². The van der Waals surface area contributed by atoms with E-state index in [4.69, 9.17) is 11.6 Å². The van der Waals surface area contributed by atoms with E-state index >= 15 is 0 Å². The lowest BCUT2D eigenvalue weighted by atomic mass is 10.3. The Labute approximate surface area is 130 Å². The summed E-state index contributed by atoms with van der Waals surface area (Å²) >= 11 is 5.90. The average Bonchev–Trinajstić information content (AvgIpc) is 2.47. The lowest BCUT2D eigenvalue weighted by Crippen LogP contribution is -2.28. The van der Waals surface area contributed by atoms with Gasteiger partial charge in [-0.3, -0.25) is 10.1 Å². The molecule has 0 spiro atoms. The minimum atomic E-state index is -0.566. The number of halogens is 1. The summed E-state index contributed by atoms with van der Waals surface area (Å²) in [6, 6.07) is 4.93. The molecule has 0 fully saturated rings. The van der Waals surface area contributed by atoms with Crippen LogP contribution in [-0.2, 0) is 6.54 Å². The SMILES string of the molecule is Cc1nccc(CNC(=O)Nc2cc([N+](=O)[O-])ccc2Cl)n1. The summed E-state index contributed by atoms with van der Waals surface area (Å²) in [5, 5.41) is 16.0. The molecule has 1 heterocycles. The van der Waals surface area contributed by atoms with Gasteiger partial charge < -0.3 is 10.6 Å². The number of nitrogens with one attached hydrogen (secondary N) is 2. The molecule has 2 rings (SSSR count). The molecule has 2 aromatic rings. The van der Waals surface area contributed by atoms with Crippen molar-refractivity contribution in [3.8, 4) is 0 Å². The van der Waals surface area contributed by atoms with Crippen LogP contribution >= 0.6 is 11.6 Å². The number of carbonyl (C=O) groups excluding carboxylic acids is 1. The zero-order valence-corrected chi connectivity index (χ0v) is 12.3. The molecular weight excluding hydrogens is 310 g/mol. The predicted molar refractivity (Wildman–Crippen MR) is 80.7 cm³/mol. The number of urea groups is 1. The number of amides is 2. The first-order valence-corrected chi connectivity index (χ1v) is 6.61. The van der Waals surface area contributed by atoms with Crippen molar-refractivity contribution in [3.05, 3.63) is 57.1 Å². The van der Waals surface area contributed by atoms with Gasteiger partial charge in [0.2, 0.25) is 0 Å². The van der Waals surface area contributed by atoms with Gasteiger partial charge in [0.1, 0.15) is 5.82 Å². The van der Waals surface area contributed by atoms with Crippen LogP contribution in [0.15, 0.2) is 30.5 Å². The summed E-state index contributed by atoms with van der Waals surface area (Å²) in [7, 11) is 0. The molecule has 0 bridgehead atoms. The van der Waals surface area contributed by atoms with Gasteiger partial charge >= 0.3 is 6.03 Å². The lowest BCUT2D eigenvalue weighted by Gasteiger charge is -2.09. The number of non-ortho nitro benzene ring substituents is 1. The molecule has 0 aliphatic heterocycles. The Bertz CT molecular complexity index is 723. The fraction of sp³-hybridized carbons (Fsp3) is 0.154. The van der Waals surface area contributed by atoms with Crippen molar-refractivity contribution in [1.82, 2.24) is 15.3 Å². The minimum Gasteiger partial charge on any atom is -0.332 e. The molecule has 0 aliphatic rings. The van der Waals surface area contributed by atoms with E-state index in [1.165, 1.54) is 18.2 Å². The fourth-order valence-electron chi connectivity index (χ4n) is 1.66. The molecule has 0 atom stereocenters. The maximum atomic E-state index is 11.8. The maximum absolute atomic E-state index is 11.8. The highest BCUT2D eigenvalue weighted by Gasteiger charge is 2.12. The van der Waals surface area contributed by atoms with Crippen LogP contribution in [0.5, 0.6) is 0 Å². The number of rotatable bonds is 4. The monoisotopic (exact) mass is 321 g/mol. The Balaban J connectivity index is 2.00. The maximum Gasteiger partial charge on any atom is 0.319 e. The van der Waals surface area contributed by atoms with Crippen LogP contribution < -0.4 is 10.6 Å². The van der Waals surface area contributed by atoms with Crippen molar-refractivity contribution in [3.63, 3.8) is 0 Å². The van der Waals surface area contributed by atoms with E-state index in [2.05, 4.69) is 20.6 Å². The first-order chi connectivity index (χ1) is 10.5. The number of benzene rings is 1. The highest BCUT2D eigenvalue weighted by molar-refractivity contribution is 6.33. The molecule has 0 saturated heterocycles. The normalized spacial score (nSPS) is 10.1. The molecule has 1 aromatic carbocycles. The van der Waals surface area contributed by atoms with E-state index in [0.29, 0.717) is 11.5 Å². The third-order valence-corrected chi connectivity index (χ3v) is 3.00. The molecule has 2 amide bonds. The molecule has 2 N–H and O–H groups in total. The first-order valence-electron chi connectivity index (χ1n) is 6.23. The fourth-order valence-corrected chi connectivity index (χ4v) is 1.83. The summed E-state index contributed by atoms with van der Waals surface area (Å²) in [5.41, 5.74) is 0.645. The molecule has 0 aliphatic carbocycles. The quantitative estimate of drug-likeness (QED) is 0.664. The number of aryl methyl sites for hydroxylation is 1. The van der Waals surface area contributed by atoms with Crippen LogP contribution in [-0.4, -0.2) is 20.9 Å². The van der Waals surface area contributed by atoms with Gasteiger partial charge in [0, 0.05) is 18.3 Å². The van der Waals surface area contributed by atoms with E-state index in [1.54, 1.807) is 19.2 Å². The van der Waals surface area contributed by atoms with Crippen molar-refractivity contribution < 1.29 is 9.72 Å². The lowest BCUT2D eigenvalue weighted by molar-refractivity contribution is -0.384. The van der Waals surface area contributed by atoms with Gasteiger partial charge in [-0.1, -0.05) is 11.6 Å². The number of nitro groups is 1. The summed E-state index contributed by atoms with van der Waals surface area (Å²) < 4.78 is 0. The topological polar surface area (TPSA) is 110 Å². The molecule has 8 nitrogen and oxygen atoms in total. The Morgan fingerprint density at radius 2 is 2.18 bits per heavy atom. The van der Waals surface area contributed by atoms with Crippen LogP contribution in [0.3, 0.4) is 0 Å². The molecular formula is C13H12ClN5O3. The van der Waals surface area contributed by atoms with E-state index in [-0.39, 0.29) is 22.9 Å². The Kier molecular flexibility index (Phi) is 4.84.